The zero-order valence-corrected chi connectivity index (χ0v) is 13.5. The topological polar surface area (TPSA) is 58.7 Å². The van der Waals surface area contributed by atoms with Crippen molar-refractivity contribution in [1.82, 2.24) is 0 Å². The molecule has 4 nitrogen and oxygen atoms in total. The van der Waals surface area contributed by atoms with E-state index in [-0.39, 0.29) is 18.8 Å². The van der Waals surface area contributed by atoms with Crippen molar-refractivity contribution in [3.63, 3.8) is 0 Å². The summed E-state index contributed by atoms with van der Waals surface area (Å²) in [6, 6.07) is 6.39. The van der Waals surface area contributed by atoms with Crippen LogP contribution in [-0.2, 0) is 4.74 Å². The highest BCUT2D eigenvalue weighted by atomic mass is 79.9. The van der Waals surface area contributed by atoms with Gasteiger partial charge in [0.15, 0.2) is 0 Å². The number of aliphatic hydroxyl groups is 1. The summed E-state index contributed by atoms with van der Waals surface area (Å²) in [5.74, 6) is 0. The second-order valence-electron chi connectivity index (χ2n) is 5.28. The van der Waals surface area contributed by atoms with Crippen molar-refractivity contribution in [3.05, 3.63) is 28.2 Å². The highest BCUT2D eigenvalue weighted by Gasteiger charge is 2.21. The van der Waals surface area contributed by atoms with Gasteiger partial charge in [0.1, 0.15) is 0 Å². The van der Waals surface area contributed by atoms with Crippen LogP contribution in [0.3, 0.4) is 0 Å². The summed E-state index contributed by atoms with van der Waals surface area (Å²) in [5.41, 5.74) is 8.26. The molecule has 2 rings (SSSR count). The van der Waals surface area contributed by atoms with Gasteiger partial charge in [0.2, 0.25) is 0 Å². The van der Waals surface area contributed by atoms with Gasteiger partial charge in [-0.15, -0.1) is 0 Å². The van der Waals surface area contributed by atoms with Gasteiger partial charge in [-0.1, -0.05) is 6.07 Å². The van der Waals surface area contributed by atoms with E-state index in [9.17, 15) is 0 Å². The maximum absolute atomic E-state index is 8.78. The number of nitrogens with two attached hydrogens (primary N) is 1. The minimum absolute atomic E-state index is 0.0537. The summed E-state index contributed by atoms with van der Waals surface area (Å²) in [7, 11) is 0. The molecule has 20 heavy (non-hydrogen) atoms. The van der Waals surface area contributed by atoms with Crippen LogP contribution < -0.4 is 10.6 Å². The van der Waals surface area contributed by atoms with Crippen LogP contribution in [0.2, 0.25) is 0 Å². The molecule has 0 amide bonds. The first-order valence-corrected chi connectivity index (χ1v) is 7.93. The average Bonchev–Trinajstić information content (AvgIpc) is 2.45. The fraction of sp³-hybridized carbons (Fsp3) is 0.600. The normalized spacial score (nSPS) is 18.3. The maximum atomic E-state index is 8.78. The van der Waals surface area contributed by atoms with Crippen molar-refractivity contribution in [1.29, 1.82) is 0 Å². The Balaban J connectivity index is 1.96. The Hall–Kier alpha value is -0.620. The Morgan fingerprint density at radius 1 is 1.45 bits per heavy atom. The highest BCUT2D eigenvalue weighted by Crippen LogP contribution is 2.31. The molecule has 1 saturated heterocycles. The van der Waals surface area contributed by atoms with Gasteiger partial charge in [-0.05, 0) is 53.4 Å². The molecule has 0 unspecified atom stereocenters. The standard InChI is InChI=1S/C15H23BrN2O2/c1-11(17)12-2-3-15(14(16)10-12)18-6-4-13(5-7-18)20-9-8-19/h2-3,10-11,13,19H,4-9,17H2,1H3/t11-/m0/s1. The van der Waals surface area contributed by atoms with Crippen LogP contribution in [0.25, 0.3) is 0 Å². The molecule has 0 saturated carbocycles. The minimum Gasteiger partial charge on any atom is -0.394 e. The molecular formula is C15H23BrN2O2. The first kappa shape index (κ1) is 15.8. The summed E-state index contributed by atoms with van der Waals surface area (Å²) in [4.78, 5) is 2.37. The number of halogens is 1. The number of hydrogen-bond acceptors (Lipinski definition) is 4. The number of piperidine rings is 1. The molecule has 0 aliphatic carbocycles. The predicted octanol–water partition coefficient (Wildman–Crippen LogP) is 2.45. The van der Waals surface area contributed by atoms with Crippen LogP contribution in [0.1, 0.15) is 31.4 Å². The van der Waals surface area contributed by atoms with E-state index in [4.69, 9.17) is 15.6 Å². The molecule has 1 aromatic rings. The molecule has 5 heteroatoms. The smallest absolute Gasteiger partial charge is 0.0701 e. The Morgan fingerprint density at radius 2 is 2.15 bits per heavy atom. The molecule has 1 atom stereocenters. The van der Waals surface area contributed by atoms with Gasteiger partial charge in [0.05, 0.1) is 25.0 Å². The first-order chi connectivity index (χ1) is 9.61. The monoisotopic (exact) mass is 342 g/mol. The quantitative estimate of drug-likeness (QED) is 0.862. The summed E-state index contributed by atoms with van der Waals surface area (Å²) in [6.45, 7) is 4.49. The number of nitrogens with zero attached hydrogens (tertiary/aromatic N) is 1. The second-order valence-corrected chi connectivity index (χ2v) is 6.13. The van der Waals surface area contributed by atoms with Crippen LogP contribution in [0, 0.1) is 0 Å². The van der Waals surface area contributed by atoms with Crippen molar-refractivity contribution in [2.45, 2.75) is 31.9 Å². The molecule has 1 heterocycles. The van der Waals surface area contributed by atoms with Crippen LogP contribution in [0.5, 0.6) is 0 Å². The second kappa shape index (κ2) is 7.41. The number of aliphatic hydroxyl groups excluding tert-OH is 1. The lowest BCUT2D eigenvalue weighted by Crippen LogP contribution is -2.37. The molecule has 0 bridgehead atoms. The summed E-state index contributed by atoms with van der Waals surface area (Å²) < 4.78 is 6.69. The van der Waals surface area contributed by atoms with E-state index in [0.29, 0.717) is 6.61 Å². The first-order valence-electron chi connectivity index (χ1n) is 7.14. The predicted molar refractivity (Wildman–Crippen MR) is 85.0 cm³/mol. The van der Waals surface area contributed by atoms with Crippen LogP contribution in [-0.4, -0.2) is 37.5 Å². The Kier molecular flexibility index (Phi) is 5.84. The molecule has 0 aromatic heterocycles. The Morgan fingerprint density at radius 3 is 2.70 bits per heavy atom. The third kappa shape index (κ3) is 3.95. The van der Waals surface area contributed by atoms with E-state index >= 15 is 0 Å². The molecule has 1 fully saturated rings. The summed E-state index contributed by atoms with van der Waals surface area (Å²) in [5, 5.41) is 8.78. The van der Waals surface area contributed by atoms with Gasteiger partial charge in [-0.25, -0.2) is 0 Å². The van der Waals surface area contributed by atoms with Crippen molar-refractivity contribution >= 4 is 21.6 Å². The average molecular weight is 343 g/mol. The number of ether oxygens (including phenoxy) is 1. The lowest BCUT2D eigenvalue weighted by molar-refractivity contribution is 0.0159. The third-order valence-corrected chi connectivity index (χ3v) is 4.36. The SMILES string of the molecule is C[C@H](N)c1ccc(N2CCC(OCCO)CC2)c(Br)c1. The van der Waals surface area contributed by atoms with Crippen molar-refractivity contribution in [2.24, 2.45) is 5.73 Å². The minimum atomic E-state index is 0.0537. The molecule has 0 spiro atoms. The summed E-state index contributed by atoms with van der Waals surface area (Å²) in [6.07, 6.45) is 2.28. The molecule has 1 aliphatic rings. The van der Waals surface area contributed by atoms with E-state index in [1.807, 2.05) is 6.92 Å². The molecule has 0 radical (unpaired) electrons. The number of anilines is 1. The van der Waals surface area contributed by atoms with Gasteiger partial charge >= 0.3 is 0 Å². The highest BCUT2D eigenvalue weighted by molar-refractivity contribution is 9.10. The summed E-state index contributed by atoms with van der Waals surface area (Å²) >= 11 is 3.65. The fourth-order valence-electron chi connectivity index (χ4n) is 2.55. The fourth-order valence-corrected chi connectivity index (χ4v) is 3.19. The van der Waals surface area contributed by atoms with E-state index in [0.717, 1.165) is 36.0 Å². The van der Waals surface area contributed by atoms with Gasteiger partial charge in [-0.2, -0.15) is 0 Å². The van der Waals surface area contributed by atoms with Gasteiger partial charge in [0.25, 0.3) is 0 Å². The van der Waals surface area contributed by atoms with Gasteiger partial charge in [0, 0.05) is 23.6 Å². The van der Waals surface area contributed by atoms with Gasteiger partial charge in [-0.3, -0.25) is 0 Å². The van der Waals surface area contributed by atoms with Crippen LogP contribution in [0.4, 0.5) is 5.69 Å². The van der Waals surface area contributed by atoms with E-state index in [1.54, 1.807) is 0 Å². The van der Waals surface area contributed by atoms with Crippen molar-refractivity contribution < 1.29 is 9.84 Å². The molecule has 3 N–H and O–H groups in total. The largest absolute Gasteiger partial charge is 0.394 e. The molecule has 112 valence electrons. The van der Waals surface area contributed by atoms with Crippen LogP contribution >= 0.6 is 15.9 Å². The lowest BCUT2D eigenvalue weighted by atomic mass is 10.1. The Labute approximate surface area is 129 Å². The molecule has 1 aliphatic heterocycles. The van der Waals surface area contributed by atoms with Gasteiger partial charge < -0.3 is 20.5 Å². The Bertz CT molecular complexity index is 432. The number of benzene rings is 1. The molecular weight excluding hydrogens is 320 g/mol. The van der Waals surface area contributed by atoms with E-state index in [2.05, 4.69) is 39.0 Å². The third-order valence-electron chi connectivity index (χ3n) is 3.73. The van der Waals surface area contributed by atoms with Crippen molar-refractivity contribution in [3.8, 4) is 0 Å². The lowest BCUT2D eigenvalue weighted by Gasteiger charge is -2.34. The number of hydrogen-bond donors (Lipinski definition) is 2. The van der Waals surface area contributed by atoms with Crippen LogP contribution in [0.15, 0.2) is 22.7 Å². The van der Waals surface area contributed by atoms with Crippen molar-refractivity contribution in [2.75, 3.05) is 31.2 Å². The number of rotatable bonds is 5. The zero-order chi connectivity index (χ0) is 14.5. The zero-order valence-electron chi connectivity index (χ0n) is 11.9. The van der Waals surface area contributed by atoms with E-state index < -0.39 is 0 Å². The maximum Gasteiger partial charge on any atom is 0.0701 e. The molecule has 1 aromatic carbocycles. The van der Waals surface area contributed by atoms with E-state index in [1.165, 1.54) is 5.69 Å².